The molecule has 0 aliphatic rings. The summed E-state index contributed by atoms with van der Waals surface area (Å²) < 4.78 is 19.2. The van der Waals surface area contributed by atoms with Crippen molar-refractivity contribution in [1.29, 1.82) is 0 Å². The molecule has 11 heteroatoms. The van der Waals surface area contributed by atoms with Crippen LogP contribution >= 0.6 is 23.2 Å². The van der Waals surface area contributed by atoms with Crippen LogP contribution in [0.25, 0.3) is 17.0 Å². The van der Waals surface area contributed by atoms with Gasteiger partial charge in [0.05, 0.1) is 6.61 Å². The monoisotopic (exact) mass is 640 g/mol. The maximum Gasteiger partial charge on any atom is 0.236 e. The molecule has 44 heavy (non-hydrogen) atoms. The molecule has 9 nitrogen and oxygen atoms in total. The van der Waals surface area contributed by atoms with Crippen molar-refractivity contribution in [2.45, 2.75) is 90.7 Å². The van der Waals surface area contributed by atoms with Crippen LogP contribution < -0.4 is 9.47 Å². The Balaban J connectivity index is 1.24. The summed E-state index contributed by atoms with van der Waals surface area (Å²) in [5, 5.41) is 12.3. The van der Waals surface area contributed by atoms with Gasteiger partial charge in [-0.2, -0.15) is 0 Å². The molecule has 2 aromatic heterocycles. The van der Waals surface area contributed by atoms with Crippen molar-refractivity contribution in [3.63, 3.8) is 0 Å². The molecule has 2 aromatic carbocycles. The summed E-state index contributed by atoms with van der Waals surface area (Å²) in [6.45, 7) is 6.44. The smallest absolute Gasteiger partial charge is 0.236 e. The van der Waals surface area contributed by atoms with E-state index in [0.29, 0.717) is 34.5 Å². The highest BCUT2D eigenvalue weighted by molar-refractivity contribution is 6.35. The fourth-order valence-electron chi connectivity index (χ4n) is 4.57. The molecule has 0 atom stereocenters. The average Bonchev–Trinajstić information content (AvgIpc) is 3.56. The first kappa shape index (κ1) is 33.3. The lowest BCUT2D eigenvalue weighted by Crippen LogP contribution is -2.21. The first-order chi connectivity index (χ1) is 21.4. The quantitative estimate of drug-likeness (QED) is 0.0624. The lowest BCUT2D eigenvalue weighted by Gasteiger charge is -2.18. The number of hydrogen-bond acceptors (Lipinski definition) is 7. The Morgan fingerprint density at radius 3 is 2.32 bits per heavy atom. The SMILES string of the molecule is CCCCCCCCCCCCOc1ccc(Cl)cc1N=COC(C)(C)/N=C/Oc1[nH]n2c(-c3ccccc3)nnc2c1Cl. The molecule has 0 unspecified atom stereocenters. The van der Waals surface area contributed by atoms with Crippen molar-refractivity contribution in [3.05, 3.63) is 58.6 Å². The normalized spacial score (nSPS) is 12.1. The first-order valence-corrected chi connectivity index (χ1v) is 16.1. The number of aliphatic imine (C=N–C) groups is 2. The van der Waals surface area contributed by atoms with Crippen molar-refractivity contribution in [2.24, 2.45) is 9.98 Å². The van der Waals surface area contributed by atoms with Crippen LogP contribution in [0.4, 0.5) is 5.69 Å². The minimum absolute atomic E-state index is 0.282. The Labute approximate surface area is 269 Å². The van der Waals surface area contributed by atoms with Crippen molar-refractivity contribution >= 4 is 47.3 Å². The van der Waals surface area contributed by atoms with Crippen molar-refractivity contribution < 1.29 is 14.2 Å². The molecule has 0 amide bonds. The highest BCUT2D eigenvalue weighted by Gasteiger charge is 2.19. The van der Waals surface area contributed by atoms with Gasteiger partial charge in [-0.25, -0.2) is 14.5 Å². The molecule has 4 rings (SSSR count). The molecule has 0 spiro atoms. The van der Waals surface area contributed by atoms with Crippen LogP contribution in [0, 0.1) is 0 Å². The second-order valence-corrected chi connectivity index (χ2v) is 11.9. The number of ether oxygens (including phenoxy) is 3. The Bertz CT molecular complexity index is 1500. The molecular weight excluding hydrogens is 599 g/mol. The number of nitrogens with one attached hydrogen (secondary N) is 1. The van der Waals surface area contributed by atoms with E-state index in [1.54, 1.807) is 30.5 Å². The van der Waals surface area contributed by atoms with Gasteiger partial charge in [-0.3, -0.25) is 5.10 Å². The van der Waals surface area contributed by atoms with Gasteiger partial charge in [-0.15, -0.1) is 10.2 Å². The fraction of sp³-hybridized carbons (Fsp3) is 0.455. The number of rotatable bonds is 19. The van der Waals surface area contributed by atoms with E-state index in [1.165, 1.54) is 64.2 Å². The van der Waals surface area contributed by atoms with Crippen molar-refractivity contribution in [1.82, 2.24) is 19.8 Å². The predicted molar refractivity (Wildman–Crippen MR) is 179 cm³/mol. The van der Waals surface area contributed by atoms with E-state index in [1.807, 2.05) is 36.4 Å². The van der Waals surface area contributed by atoms with Gasteiger partial charge in [0.15, 0.2) is 30.0 Å². The van der Waals surface area contributed by atoms with Crippen LogP contribution in [0.5, 0.6) is 11.6 Å². The van der Waals surface area contributed by atoms with E-state index in [4.69, 9.17) is 37.4 Å². The van der Waals surface area contributed by atoms with E-state index >= 15 is 0 Å². The molecule has 4 aromatic rings. The highest BCUT2D eigenvalue weighted by atomic mass is 35.5. The third-order valence-corrected chi connectivity index (χ3v) is 7.62. The van der Waals surface area contributed by atoms with Crippen LogP contribution in [0.15, 0.2) is 58.5 Å². The zero-order valence-corrected chi connectivity index (χ0v) is 27.3. The van der Waals surface area contributed by atoms with Gasteiger partial charge in [0.25, 0.3) is 0 Å². The Morgan fingerprint density at radius 1 is 0.886 bits per heavy atom. The summed E-state index contributed by atoms with van der Waals surface area (Å²) in [6, 6.07) is 15.0. The van der Waals surface area contributed by atoms with E-state index in [9.17, 15) is 0 Å². The number of unbranched alkanes of at least 4 members (excludes halogenated alkanes) is 9. The summed E-state index contributed by atoms with van der Waals surface area (Å²) in [6.07, 6.45) is 15.4. The van der Waals surface area contributed by atoms with E-state index in [-0.39, 0.29) is 10.9 Å². The minimum Gasteiger partial charge on any atom is -0.491 e. The van der Waals surface area contributed by atoms with Crippen molar-refractivity contribution in [2.75, 3.05) is 6.61 Å². The summed E-state index contributed by atoms with van der Waals surface area (Å²) in [5.74, 6) is 1.55. The maximum atomic E-state index is 6.46. The van der Waals surface area contributed by atoms with Gasteiger partial charge in [-0.05, 0) is 38.5 Å². The lowest BCUT2D eigenvalue weighted by molar-refractivity contribution is 0.114. The molecule has 0 saturated carbocycles. The average molecular weight is 642 g/mol. The third kappa shape index (κ3) is 9.99. The van der Waals surface area contributed by atoms with Crippen LogP contribution in [0.2, 0.25) is 10.0 Å². The Kier molecular flexibility index (Phi) is 12.9. The second kappa shape index (κ2) is 17.1. The molecule has 0 fully saturated rings. The Hall–Kier alpha value is -3.56. The van der Waals surface area contributed by atoms with E-state index in [0.717, 1.165) is 18.4 Å². The highest BCUT2D eigenvalue weighted by Crippen LogP contribution is 2.32. The standard InChI is InChI=1S/C33H42Cl2N6O3/c1-4-5-6-7-8-9-10-11-12-16-21-42-28-20-19-26(34)22-27(28)36-23-44-33(2,3)37-24-43-32-29(35)31-39-38-30(41(31)40-32)25-17-14-13-15-18-25/h13-15,17-20,22-24,40H,4-12,16,21H2,1-3H3/b36-23?,37-24+. The Morgan fingerprint density at radius 2 is 1.59 bits per heavy atom. The summed E-state index contributed by atoms with van der Waals surface area (Å²) >= 11 is 12.7. The van der Waals surface area contributed by atoms with Gasteiger partial charge in [0.2, 0.25) is 5.88 Å². The zero-order valence-electron chi connectivity index (χ0n) is 25.8. The zero-order chi connectivity index (χ0) is 31.2. The number of halogens is 2. The molecule has 0 bridgehead atoms. The second-order valence-electron chi connectivity index (χ2n) is 11.1. The lowest BCUT2D eigenvalue weighted by atomic mass is 10.1. The van der Waals surface area contributed by atoms with Crippen LogP contribution in [0.3, 0.4) is 0 Å². The molecule has 1 N–H and O–H groups in total. The number of H-pyrrole nitrogens is 1. The molecule has 236 valence electrons. The van der Waals surface area contributed by atoms with E-state index in [2.05, 4.69) is 32.2 Å². The van der Waals surface area contributed by atoms with Gasteiger partial charge in [0.1, 0.15) is 16.5 Å². The van der Waals surface area contributed by atoms with Crippen LogP contribution in [0.1, 0.15) is 85.0 Å². The number of aromatic amines is 1. The first-order valence-electron chi connectivity index (χ1n) is 15.4. The van der Waals surface area contributed by atoms with Gasteiger partial charge < -0.3 is 14.2 Å². The van der Waals surface area contributed by atoms with Crippen LogP contribution in [-0.2, 0) is 4.74 Å². The number of hydrogen-bond donors (Lipinski definition) is 1. The summed E-state index contributed by atoms with van der Waals surface area (Å²) in [7, 11) is 0. The molecule has 2 heterocycles. The minimum atomic E-state index is -0.977. The molecule has 0 saturated heterocycles. The van der Waals surface area contributed by atoms with Crippen molar-refractivity contribution in [3.8, 4) is 23.0 Å². The fourth-order valence-corrected chi connectivity index (χ4v) is 4.95. The van der Waals surface area contributed by atoms with Gasteiger partial charge in [-0.1, -0.05) is 118 Å². The maximum absolute atomic E-state index is 6.46. The summed E-state index contributed by atoms with van der Waals surface area (Å²) in [5.41, 5.74) is 0.947. The summed E-state index contributed by atoms with van der Waals surface area (Å²) in [4.78, 5) is 8.81. The molecule has 0 radical (unpaired) electrons. The number of fused-ring (bicyclic) bond motifs is 1. The molecular formula is C33H42Cl2N6O3. The predicted octanol–water partition coefficient (Wildman–Crippen LogP) is 9.85. The molecule has 0 aliphatic carbocycles. The topological polar surface area (TPSA) is 98.4 Å². The number of benzene rings is 2. The molecule has 0 aliphatic heterocycles. The van der Waals surface area contributed by atoms with E-state index < -0.39 is 5.72 Å². The van der Waals surface area contributed by atoms with Crippen LogP contribution in [-0.4, -0.2) is 44.9 Å². The van der Waals surface area contributed by atoms with Gasteiger partial charge in [0, 0.05) is 10.6 Å². The van der Waals surface area contributed by atoms with Gasteiger partial charge >= 0.3 is 0 Å². The third-order valence-electron chi connectivity index (χ3n) is 7.05. The number of aromatic nitrogens is 4. The largest absolute Gasteiger partial charge is 0.491 e. The number of nitrogens with zero attached hydrogens (tertiary/aromatic N) is 5.